The summed E-state index contributed by atoms with van der Waals surface area (Å²) in [5.41, 5.74) is 0.878. The summed E-state index contributed by atoms with van der Waals surface area (Å²) in [7, 11) is 0.674. The molecule has 1 aliphatic rings. The molecule has 0 saturated carbocycles. The van der Waals surface area contributed by atoms with E-state index in [9.17, 15) is 13.2 Å². The highest BCUT2D eigenvalue weighted by Crippen LogP contribution is 2.28. The van der Waals surface area contributed by atoms with Gasteiger partial charge in [-0.2, -0.15) is 0 Å². The van der Waals surface area contributed by atoms with Crippen molar-refractivity contribution in [3.63, 3.8) is 0 Å². The molecule has 1 N–H and O–H groups in total. The third-order valence-corrected chi connectivity index (χ3v) is 6.08. The molecule has 0 aromatic heterocycles. The van der Waals surface area contributed by atoms with Crippen LogP contribution in [0.15, 0.2) is 18.2 Å². The maximum Gasteiger partial charge on any atom is 0.252 e. The number of amides is 1. The monoisotopic (exact) mass is 373 g/mol. The number of benzene rings is 1. The van der Waals surface area contributed by atoms with Crippen molar-refractivity contribution in [1.82, 2.24) is 10.2 Å². The van der Waals surface area contributed by atoms with Crippen LogP contribution < -0.4 is 9.62 Å². The van der Waals surface area contributed by atoms with Gasteiger partial charge in [-0.3, -0.25) is 9.10 Å². The number of nitrogens with one attached hydrogen (secondary N) is 1. The van der Waals surface area contributed by atoms with Gasteiger partial charge in [-0.1, -0.05) is 11.6 Å². The Kier molecular flexibility index (Phi) is 6.48. The van der Waals surface area contributed by atoms with Gasteiger partial charge in [0.1, 0.15) is 0 Å². The Morgan fingerprint density at radius 3 is 2.71 bits per heavy atom. The zero-order valence-electron chi connectivity index (χ0n) is 14.1. The van der Waals surface area contributed by atoms with E-state index in [4.69, 9.17) is 11.6 Å². The molecule has 1 saturated heterocycles. The highest BCUT2D eigenvalue weighted by molar-refractivity contribution is 7.92. The summed E-state index contributed by atoms with van der Waals surface area (Å²) < 4.78 is 25.7. The van der Waals surface area contributed by atoms with Gasteiger partial charge in [0.2, 0.25) is 10.0 Å². The second-order valence-corrected chi connectivity index (χ2v) is 8.59. The van der Waals surface area contributed by atoms with Crippen molar-refractivity contribution in [2.75, 3.05) is 43.8 Å². The van der Waals surface area contributed by atoms with E-state index in [1.165, 1.54) is 4.31 Å². The van der Waals surface area contributed by atoms with E-state index in [0.29, 0.717) is 30.8 Å². The third-order valence-electron chi connectivity index (χ3n) is 3.90. The Labute approximate surface area is 148 Å². The number of anilines is 1. The first-order chi connectivity index (χ1) is 11.3. The van der Waals surface area contributed by atoms with Gasteiger partial charge in [-0.05, 0) is 58.1 Å². The maximum absolute atomic E-state index is 12.2. The highest BCUT2D eigenvalue weighted by atomic mass is 35.5. The minimum Gasteiger partial charge on any atom is -0.352 e. The Balaban J connectivity index is 2.05. The molecule has 1 aromatic carbocycles. The lowest BCUT2D eigenvalue weighted by Crippen LogP contribution is -2.37. The topological polar surface area (TPSA) is 69.7 Å². The van der Waals surface area contributed by atoms with E-state index in [-0.39, 0.29) is 16.7 Å². The zero-order chi connectivity index (χ0) is 17.7. The second kappa shape index (κ2) is 8.18. The van der Waals surface area contributed by atoms with Gasteiger partial charge in [0.15, 0.2) is 0 Å². The van der Waals surface area contributed by atoms with Crippen LogP contribution >= 0.6 is 11.6 Å². The molecule has 6 nitrogen and oxygen atoms in total. The molecule has 0 atom stereocenters. The standard InChI is InChI=1S/C16H24ClN3O3S/c1-19(2)9-5-8-18-16(21)14-7-6-13(12-15(14)17)20-10-3-4-11-24(20,22)23/h6-7,12H,3-5,8-11H2,1-2H3,(H,18,21). The number of nitrogens with zero attached hydrogens (tertiary/aromatic N) is 2. The van der Waals surface area contributed by atoms with E-state index < -0.39 is 10.0 Å². The summed E-state index contributed by atoms with van der Waals surface area (Å²) in [4.78, 5) is 14.2. The van der Waals surface area contributed by atoms with Crippen LogP contribution in [0.3, 0.4) is 0 Å². The summed E-state index contributed by atoms with van der Waals surface area (Å²) in [6, 6.07) is 4.78. The molecule has 1 heterocycles. The quantitative estimate of drug-likeness (QED) is 0.774. The summed E-state index contributed by atoms with van der Waals surface area (Å²) in [6.45, 7) is 1.91. The second-order valence-electron chi connectivity index (χ2n) is 6.17. The zero-order valence-corrected chi connectivity index (χ0v) is 15.7. The van der Waals surface area contributed by atoms with Crippen molar-refractivity contribution in [3.8, 4) is 0 Å². The molecule has 1 aliphatic heterocycles. The maximum atomic E-state index is 12.2. The van der Waals surface area contributed by atoms with Crippen molar-refractivity contribution in [2.24, 2.45) is 0 Å². The van der Waals surface area contributed by atoms with Crippen LogP contribution in [-0.4, -0.2) is 58.7 Å². The van der Waals surface area contributed by atoms with Crippen LogP contribution in [0.2, 0.25) is 5.02 Å². The van der Waals surface area contributed by atoms with Gasteiger partial charge in [0.05, 0.1) is 22.0 Å². The first-order valence-electron chi connectivity index (χ1n) is 8.04. The molecule has 1 fully saturated rings. The van der Waals surface area contributed by atoms with Crippen molar-refractivity contribution in [2.45, 2.75) is 19.3 Å². The Bertz CT molecular complexity index is 692. The Hall–Kier alpha value is -1.31. The number of rotatable bonds is 6. The molecule has 8 heteroatoms. The van der Waals surface area contributed by atoms with Gasteiger partial charge in [-0.15, -0.1) is 0 Å². The first kappa shape index (κ1) is 19.0. The van der Waals surface area contributed by atoms with Crippen LogP contribution in [0.25, 0.3) is 0 Å². The third kappa shape index (κ3) is 4.84. The molecular formula is C16H24ClN3O3S. The van der Waals surface area contributed by atoms with Crippen molar-refractivity contribution in [1.29, 1.82) is 0 Å². The number of sulfonamides is 1. The van der Waals surface area contributed by atoms with Crippen LogP contribution in [0, 0.1) is 0 Å². The molecule has 0 unspecified atom stereocenters. The van der Waals surface area contributed by atoms with Gasteiger partial charge in [0, 0.05) is 13.1 Å². The van der Waals surface area contributed by atoms with E-state index in [1.807, 2.05) is 19.0 Å². The fourth-order valence-electron chi connectivity index (χ4n) is 2.61. The molecule has 1 amide bonds. The summed E-state index contributed by atoms with van der Waals surface area (Å²) in [5, 5.41) is 3.09. The summed E-state index contributed by atoms with van der Waals surface area (Å²) in [6.07, 6.45) is 2.35. The summed E-state index contributed by atoms with van der Waals surface area (Å²) >= 11 is 6.21. The SMILES string of the molecule is CN(C)CCCNC(=O)c1ccc(N2CCCCS2(=O)=O)cc1Cl. The van der Waals surface area contributed by atoms with E-state index in [0.717, 1.165) is 19.4 Å². The lowest BCUT2D eigenvalue weighted by Gasteiger charge is -2.28. The fraction of sp³-hybridized carbons (Fsp3) is 0.562. The van der Waals surface area contributed by atoms with Gasteiger partial charge in [0.25, 0.3) is 5.91 Å². The van der Waals surface area contributed by atoms with E-state index in [1.54, 1.807) is 18.2 Å². The fourth-order valence-corrected chi connectivity index (χ4v) is 4.51. The van der Waals surface area contributed by atoms with Crippen LogP contribution in [0.4, 0.5) is 5.69 Å². The number of hydrogen-bond acceptors (Lipinski definition) is 4. The molecule has 0 aliphatic carbocycles. The summed E-state index contributed by atoms with van der Waals surface area (Å²) in [5.74, 6) is -0.0922. The van der Waals surface area contributed by atoms with Crippen LogP contribution in [0.1, 0.15) is 29.6 Å². The number of halogens is 1. The predicted molar refractivity (Wildman–Crippen MR) is 97.3 cm³/mol. The molecule has 0 spiro atoms. The van der Waals surface area contributed by atoms with Crippen molar-refractivity contribution in [3.05, 3.63) is 28.8 Å². The number of carbonyl (C=O) groups excluding carboxylic acids is 1. The smallest absolute Gasteiger partial charge is 0.252 e. The largest absolute Gasteiger partial charge is 0.352 e. The molecule has 0 radical (unpaired) electrons. The number of hydrogen-bond donors (Lipinski definition) is 1. The molecular weight excluding hydrogens is 350 g/mol. The predicted octanol–water partition coefficient (Wildman–Crippen LogP) is 1.95. The molecule has 2 rings (SSSR count). The van der Waals surface area contributed by atoms with Gasteiger partial charge < -0.3 is 10.2 Å². The van der Waals surface area contributed by atoms with Crippen molar-refractivity contribution >= 4 is 33.2 Å². The minimum absolute atomic E-state index is 0.152. The molecule has 24 heavy (non-hydrogen) atoms. The molecule has 134 valence electrons. The number of carbonyl (C=O) groups is 1. The van der Waals surface area contributed by atoms with E-state index in [2.05, 4.69) is 5.32 Å². The Morgan fingerprint density at radius 1 is 1.33 bits per heavy atom. The van der Waals surface area contributed by atoms with Crippen LogP contribution in [-0.2, 0) is 10.0 Å². The average Bonchev–Trinajstić information content (AvgIpc) is 2.50. The van der Waals surface area contributed by atoms with Crippen molar-refractivity contribution < 1.29 is 13.2 Å². The molecule has 1 aromatic rings. The van der Waals surface area contributed by atoms with Gasteiger partial charge in [-0.25, -0.2) is 8.42 Å². The van der Waals surface area contributed by atoms with E-state index >= 15 is 0 Å². The normalized spacial score (nSPS) is 17.1. The Morgan fingerprint density at radius 2 is 2.08 bits per heavy atom. The molecule has 0 bridgehead atoms. The lowest BCUT2D eigenvalue weighted by atomic mass is 10.2. The van der Waals surface area contributed by atoms with Crippen LogP contribution in [0.5, 0.6) is 0 Å². The van der Waals surface area contributed by atoms with Gasteiger partial charge >= 0.3 is 0 Å². The minimum atomic E-state index is -3.28. The first-order valence-corrected chi connectivity index (χ1v) is 10.0. The average molecular weight is 374 g/mol. The highest BCUT2D eigenvalue weighted by Gasteiger charge is 2.26. The lowest BCUT2D eigenvalue weighted by molar-refractivity contribution is 0.0952.